The minimum atomic E-state index is 0.552. The Balaban J connectivity index is 2.01. The van der Waals surface area contributed by atoms with E-state index < -0.39 is 0 Å². The standard InChI is InChI=1S/C21H24BN3O2/c1-4-5-18-20(23)21(16-10-14(22)7-9-17(16)25-18)24-12-13-6-8-15(26-2)11-19(13)27-3/h6-11H,4-5,12,23H2,1-3H3,(H,24,25). The van der Waals surface area contributed by atoms with Gasteiger partial charge in [0.2, 0.25) is 0 Å². The number of fused-ring (bicyclic) bond motifs is 1. The van der Waals surface area contributed by atoms with Gasteiger partial charge in [0.25, 0.3) is 0 Å². The van der Waals surface area contributed by atoms with Crippen LogP contribution in [0.1, 0.15) is 24.6 Å². The predicted molar refractivity (Wildman–Crippen MR) is 112 cm³/mol. The Hall–Kier alpha value is -2.89. The molecule has 3 rings (SSSR count). The number of nitrogens with two attached hydrogens (primary N) is 1. The summed E-state index contributed by atoms with van der Waals surface area (Å²) in [6, 6.07) is 11.5. The van der Waals surface area contributed by atoms with E-state index in [2.05, 4.69) is 12.2 Å². The predicted octanol–water partition coefficient (Wildman–Crippen LogP) is 3.19. The first-order valence-corrected chi connectivity index (χ1v) is 8.99. The molecule has 1 heterocycles. The number of ether oxygens (including phenoxy) is 2. The molecule has 0 unspecified atom stereocenters. The van der Waals surface area contributed by atoms with Crippen molar-refractivity contribution >= 4 is 35.6 Å². The molecule has 0 saturated carbocycles. The van der Waals surface area contributed by atoms with Crippen molar-refractivity contribution in [2.24, 2.45) is 0 Å². The van der Waals surface area contributed by atoms with Crippen LogP contribution >= 0.6 is 0 Å². The number of pyridine rings is 1. The quantitative estimate of drug-likeness (QED) is 0.633. The summed E-state index contributed by atoms with van der Waals surface area (Å²) in [5.74, 6) is 1.51. The number of nitrogen functional groups attached to an aromatic ring is 1. The third kappa shape index (κ3) is 3.94. The first-order chi connectivity index (χ1) is 13.1. The number of nitrogens with zero attached hydrogens (tertiary/aromatic N) is 1. The van der Waals surface area contributed by atoms with Crippen LogP contribution in [0.25, 0.3) is 10.9 Å². The first kappa shape index (κ1) is 18.9. The van der Waals surface area contributed by atoms with Crippen LogP contribution in [0.2, 0.25) is 0 Å². The molecule has 0 aliphatic carbocycles. The molecule has 0 bridgehead atoms. The van der Waals surface area contributed by atoms with Crippen molar-refractivity contribution in [2.45, 2.75) is 26.3 Å². The van der Waals surface area contributed by atoms with Crippen molar-refractivity contribution in [1.82, 2.24) is 4.98 Å². The maximum atomic E-state index is 6.45. The van der Waals surface area contributed by atoms with E-state index in [1.54, 1.807) is 14.2 Å². The Labute approximate surface area is 161 Å². The van der Waals surface area contributed by atoms with Gasteiger partial charge in [0.15, 0.2) is 0 Å². The number of benzene rings is 2. The Kier molecular flexibility index (Phi) is 5.74. The van der Waals surface area contributed by atoms with Gasteiger partial charge in [-0.15, -0.1) is 0 Å². The van der Waals surface area contributed by atoms with Crippen molar-refractivity contribution in [1.29, 1.82) is 0 Å². The van der Waals surface area contributed by atoms with Gasteiger partial charge in [0, 0.05) is 23.6 Å². The lowest BCUT2D eigenvalue weighted by Gasteiger charge is -2.17. The van der Waals surface area contributed by atoms with Crippen LogP contribution in [0.4, 0.5) is 11.4 Å². The minimum Gasteiger partial charge on any atom is -0.497 e. The van der Waals surface area contributed by atoms with Crippen LogP contribution in [0.15, 0.2) is 36.4 Å². The van der Waals surface area contributed by atoms with E-state index in [1.807, 2.05) is 36.4 Å². The van der Waals surface area contributed by atoms with Crippen LogP contribution < -0.4 is 26.0 Å². The van der Waals surface area contributed by atoms with E-state index in [1.165, 1.54) is 0 Å². The first-order valence-electron chi connectivity index (χ1n) is 8.99. The highest BCUT2D eigenvalue weighted by atomic mass is 16.5. The zero-order valence-corrected chi connectivity index (χ0v) is 16.0. The van der Waals surface area contributed by atoms with Gasteiger partial charge in [0.05, 0.1) is 36.8 Å². The summed E-state index contributed by atoms with van der Waals surface area (Å²) in [6.07, 6.45) is 1.80. The number of rotatable bonds is 7. The fraction of sp³-hybridized carbons (Fsp3) is 0.286. The number of hydrogen-bond donors (Lipinski definition) is 2. The number of hydrogen-bond acceptors (Lipinski definition) is 5. The van der Waals surface area contributed by atoms with Crippen molar-refractivity contribution in [3.8, 4) is 11.5 Å². The highest BCUT2D eigenvalue weighted by Crippen LogP contribution is 2.32. The normalized spacial score (nSPS) is 10.8. The van der Waals surface area contributed by atoms with E-state index in [-0.39, 0.29) is 0 Å². The Morgan fingerprint density at radius 1 is 1.11 bits per heavy atom. The van der Waals surface area contributed by atoms with Crippen LogP contribution in [0.3, 0.4) is 0 Å². The van der Waals surface area contributed by atoms with Gasteiger partial charge in [-0.05, 0) is 24.6 Å². The SMILES string of the molecule is [B]c1ccc2nc(CCC)c(N)c(NCc3ccc(OC)cc3OC)c2c1. The zero-order valence-electron chi connectivity index (χ0n) is 16.0. The van der Waals surface area contributed by atoms with Crippen molar-refractivity contribution in [2.75, 3.05) is 25.3 Å². The van der Waals surface area contributed by atoms with Crippen molar-refractivity contribution < 1.29 is 9.47 Å². The molecule has 27 heavy (non-hydrogen) atoms. The summed E-state index contributed by atoms with van der Waals surface area (Å²) in [6.45, 7) is 2.67. The zero-order chi connectivity index (χ0) is 19.4. The average molecular weight is 361 g/mol. The second-order valence-corrected chi connectivity index (χ2v) is 6.41. The second kappa shape index (κ2) is 8.21. The third-order valence-electron chi connectivity index (χ3n) is 4.56. The molecule has 3 N–H and O–H groups in total. The molecule has 0 aliphatic rings. The minimum absolute atomic E-state index is 0.552. The molecule has 2 aromatic carbocycles. The lowest BCUT2D eigenvalue weighted by Crippen LogP contribution is -2.10. The Morgan fingerprint density at radius 3 is 2.63 bits per heavy atom. The van der Waals surface area contributed by atoms with Gasteiger partial charge in [-0.25, -0.2) is 0 Å². The van der Waals surface area contributed by atoms with Gasteiger partial charge in [-0.3, -0.25) is 4.98 Å². The summed E-state index contributed by atoms with van der Waals surface area (Å²) in [7, 11) is 9.28. The topological polar surface area (TPSA) is 69.4 Å². The third-order valence-corrected chi connectivity index (χ3v) is 4.56. The molecule has 0 aliphatic heterocycles. The molecular formula is C21H24BN3O2. The Morgan fingerprint density at radius 2 is 1.93 bits per heavy atom. The fourth-order valence-electron chi connectivity index (χ4n) is 3.15. The van der Waals surface area contributed by atoms with Gasteiger partial charge in [-0.2, -0.15) is 0 Å². The average Bonchev–Trinajstić information content (AvgIpc) is 2.68. The molecule has 0 saturated heterocycles. The summed E-state index contributed by atoms with van der Waals surface area (Å²) >= 11 is 0. The summed E-state index contributed by atoms with van der Waals surface area (Å²) in [4.78, 5) is 4.72. The molecule has 2 radical (unpaired) electrons. The van der Waals surface area contributed by atoms with Crippen LogP contribution in [-0.2, 0) is 13.0 Å². The van der Waals surface area contributed by atoms with Crippen LogP contribution in [0.5, 0.6) is 11.5 Å². The number of aromatic nitrogens is 1. The Bertz CT molecular complexity index is 960. The van der Waals surface area contributed by atoms with Gasteiger partial charge in [0.1, 0.15) is 19.3 Å². The summed E-state index contributed by atoms with van der Waals surface area (Å²) in [5, 5.41) is 4.39. The molecular weight excluding hydrogens is 337 g/mol. The number of nitrogens with one attached hydrogen (secondary N) is 1. The molecule has 0 spiro atoms. The summed E-state index contributed by atoms with van der Waals surface area (Å²) in [5.41, 5.74) is 11.4. The van der Waals surface area contributed by atoms with Crippen molar-refractivity contribution in [3.05, 3.63) is 47.7 Å². The number of aryl methyl sites for hydroxylation is 1. The van der Waals surface area contributed by atoms with Gasteiger partial charge < -0.3 is 20.5 Å². The maximum Gasteiger partial charge on any atom is 0.127 e. The van der Waals surface area contributed by atoms with E-state index in [9.17, 15) is 0 Å². The van der Waals surface area contributed by atoms with E-state index in [4.69, 9.17) is 28.0 Å². The second-order valence-electron chi connectivity index (χ2n) is 6.41. The molecule has 138 valence electrons. The molecule has 0 fully saturated rings. The summed E-state index contributed by atoms with van der Waals surface area (Å²) < 4.78 is 10.8. The lowest BCUT2D eigenvalue weighted by molar-refractivity contribution is 0.391. The maximum absolute atomic E-state index is 6.45. The molecule has 6 heteroatoms. The molecule has 0 amide bonds. The van der Waals surface area contributed by atoms with E-state index in [0.717, 1.165) is 52.2 Å². The molecule has 0 atom stereocenters. The van der Waals surface area contributed by atoms with Crippen molar-refractivity contribution in [3.63, 3.8) is 0 Å². The largest absolute Gasteiger partial charge is 0.497 e. The molecule has 5 nitrogen and oxygen atoms in total. The highest BCUT2D eigenvalue weighted by Gasteiger charge is 2.13. The van der Waals surface area contributed by atoms with Crippen LogP contribution in [-0.4, -0.2) is 27.0 Å². The monoisotopic (exact) mass is 361 g/mol. The van der Waals surface area contributed by atoms with Gasteiger partial charge in [-0.1, -0.05) is 30.9 Å². The van der Waals surface area contributed by atoms with E-state index >= 15 is 0 Å². The highest BCUT2D eigenvalue weighted by molar-refractivity contribution is 6.33. The van der Waals surface area contributed by atoms with Crippen LogP contribution in [0, 0.1) is 0 Å². The number of methoxy groups -OCH3 is 2. The van der Waals surface area contributed by atoms with Gasteiger partial charge >= 0.3 is 0 Å². The molecule has 3 aromatic rings. The lowest BCUT2D eigenvalue weighted by atomic mass is 9.93. The fourth-order valence-corrected chi connectivity index (χ4v) is 3.15. The van der Waals surface area contributed by atoms with E-state index in [0.29, 0.717) is 17.7 Å². The molecule has 1 aromatic heterocycles. The smallest absolute Gasteiger partial charge is 0.127 e. The number of anilines is 2.